The van der Waals surface area contributed by atoms with E-state index in [1.54, 1.807) is 0 Å². The second-order valence-corrected chi connectivity index (χ2v) is 5.43. The number of carbonyl (C=O) groups is 2. The van der Waals surface area contributed by atoms with Gasteiger partial charge in [-0.05, 0) is 32.4 Å². The number of amides is 1. The van der Waals surface area contributed by atoms with Gasteiger partial charge < -0.3 is 15.7 Å². The molecule has 6 heteroatoms. The number of nitrogens with one attached hydrogen (secondary N) is 2. The Labute approximate surface area is 113 Å². The fraction of sp³-hybridized carbons (Fsp3) is 0.846. The molecule has 2 rings (SSSR count). The minimum atomic E-state index is -0.790. The van der Waals surface area contributed by atoms with Gasteiger partial charge in [-0.25, -0.2) is 0 Å². The second-order valence-electron chi connectivity index (χ2n) is 5.43. The lowest BCUT2D eigenvalue weighted by Crippen LogP contribution is -2.45. The third kappa shape index (κ3) is 4.18. The summed E-state index contributed by atoms with van der Waals surface area (Å²) >= 11 is 0. The SMILES string of the molecule is O=C(CN1CCCNCC1)NC1CCCC1C(=O)O. The third-order valence-corrected chi connectivity index (χ3v) is 3.98. The van der Waals surface area contributed by atoms with Gasteiger partial charge in [0.25, 0.3) is 0 Å². The van der Waals surface area contributed by atoms with Crippen LogP contribution in [-0.2, 0) is 9.59 Å². The van der Waals surface area contributed by atoms with Crippen molar-refractivity contribution in [2.45, 2.75) is 31.7 Å². The van der Waals surface area contributed by atoms with Crippen LogP contribution in [0.2, 0.25) is 0 Å². The summed E-state index contributed by atoms with van der Waals surface area (Å²) in [6, 6.07) is -0.185. The molecule has 2 fully saturated rings. The van der Waals surface area contributed by atoms with Crippen LogP contribution in [0.15, 0.2) is 0 Å². The minimum absolute atomic E-state index is 0.0416. The lowest BCUT2D eigenvalue weighted by atomic mass is 10.0. The Morgan fingerprint density at radius 1 is 1.21 bits per heavy atom. The molecule has 108 valence electrons. The van der Waals surface area contributed by atoms with E-state index in [2.05, 4.69) is 15.5 Å². The first-order chi connectivity index (χ1) is 9.16. The van der Waals surface area contributed by atoms with Crippen LogP contribution < -0.4 is 10.6 Å². The maximum absolute atomic E-state index is 12.0. The predicted molar refractivity (Wildman–Crippen MR) is 70.8 cm³/mol. The maximum atomic E-state index is 12.0. The van der Waals surface area contributed by atoms with Crippen molar-refractivity contribution in [3.05, 3.63) is 0 Å². The summed E-state index contributed by atoms with van der Waals surface area (Å²) in [7, 11) is 0. The fourth-order valence-electron chi connectivity index (χ4n) is 2.94. The lowest BCUT2D eigenvalue weighted by molar-refractivity contribution is -0.142. The number of nitrogens with zero attached hydrogens (tertiary/aromatic N) is 1. The topological polar surface area (TPSA) is 81.7 Å². The Morgan fingerprint density at radius 3 is 2.84 bits per heavy atom. The van der Waals surface area contributed by atoms with Gasteiger partial charge in [0.1, 0.15) is 0 Å². The number of hydrogen-bond acceptors (Lipinski definition) is 4. The molecule has 1 saturated carbocycles. The molecule has 1 heterocycles. The van der Waals surface area contributed by atoms with E-state index < -0.39 is 11.9 Å². The molecule has 1 aliphatic heterocycles. The van der Waals surface area contributed by atoms with Gasteiger partial charge in [0, 0.05) is 19.1 Å². The summed E-state index contributed by atoms with van der Waals surface area (Å²) < 4.78 is 0. The Balaban J connectivity index is 1.78. The highest BCUT2D eigenvalue weighted by Crippen LogP contribution is 2.25. The standard InChI is InChI=1S/C13H23N3O3/c17-12(9-16-7-2-5-14-6-8-16)15-11-4-1-3-10(11)13(18)19/h10-11,14H,1-9H2,(H,15,17)(H,18,19). The first kappa shape index (κ1) is 14.3. The zero-order chi connectivity index (χ0) is 13.7. The van der Waals surface area contributed by atoms with Gasteiger partial charge in [0.15, 0.2) is 0 Å². The third-order valence-electron chi connectivity index (χ3n) is 3.98. The van der Waals surface area contributed by atoms with Crippen molar-refractivity contribution in [3.8, 4) is 0 Å². The van der Waals surface area contributed by atoms with E-state index in [9.17, 15) is 9.59 Å². The first-order valence-corrected chi connectivity index (χ1v) is 7.12. The van der Waals surface area contributed by atoms with Crippen LogP contribution in [0.5, 0.6) is 0 Å². The Hall–Kier alpha value is -1.14. The first-order valence-electron chi connectivity index (χ1n) is 7.12. The van der Waals surface area contributed by atoms with Crippen LogP contribution in [0.1, 0.15) is 25.7 Å². The summed E-state index contributed by atoms with van der Waals surface area (Å²) in [5, 5.41) is 15.3. The fourth-order valence-corrected chi connectivity index (χ4v) is 2.94. The summed E-state index contributed by atoms with van der Waals surface area (Å²) in [4.78, 5) is 25.2. The highest BCUT2D eigenvalue weighted by atomic mass is 16.4. The van der Waals surface area contributed by atoms with Crippen LogP contribution in [0, 0.1) is 5.92 Å². The summed E-state index contributed by atoms with van der Waals surface area (Å²) in [6.45, 7) is 4.09. The molecule has 2 aliphatic rings. The molecule has 2 unspecified atom stereocenters. The van der Waals surface area contributed by atoms with E-state index in [0.717, 1.165) is 45.4 Å². The molecule has 3 N–H and O–H groups in total. The van der Waals surface area contributed by atoms with Gasteiger partial charge in [-0.3, -0.25) is 14.5 Å². The number of carboxylic acids is 1. The van der Waals surface area contributed by atoms with Crippen molar-refractivity contribution >= 4 is 11.9 Å². The van der Waals surface area contributed by atoms with Crippen molar-refractivity contribution in [2.24, 2.45) is 5.92 Å². The van der Waals surface area contributed by atoms with E-state index >= 15 is 0 Å². The number of aliphatic carboxylic acids is 1. The molecule has 19 heavy (non-hydrogen) atoms. The molecule has 0 aromatic heterocycles. The molecule has 0 radical (unpaired) electrons. The van der Waals surface area contributed by atoms with Crippen LogP contribution in [0.3, 0.4) is 0 Å². The van der Waals surface area contributed by atoms with Crippen molar-refractivity contribution in [1.29, 1.82) is 0 Å². The van der Waals surface area contributed by atoms with Crippen molar-refractivity contribution in [3.63, 3.8) is 0 Å². The van der Waals surface area contributed by atoms with Crippen molar-refractivity contribution in [1.82, 2.24) is 15.5 Å². The zero-order valence-electron chi connectivity index (χ0n) is 11.2. The van der Waals surface area contributed by atoms with Gasteiger partial charge in [0.2, 0.25) is 5.91 Å². The van der Waals surface area contributed by atoms with E-state index in [1.807, 2.05) is 0 Å². The molecule has 0 aromatic rings. The van der Waals surface area contributed by atoms with E-state index in [4.69, 9.17) is 5.11 Å². The number of carboxylic acid groups (broad SMARTS) is 1. The Bertz CT molecular complexity index is 327. The molecule has 2 atom stereocenters. The van der Waals surface area contributed by atoms with Crippen LogP contribution in [-0.4, -0.2) is 60.6 Å². The van der Waals surface area contributed by atoms with Crippen LogP contribution >= 0.6 is 0 Å². The highest BCUT2D eigenvalue weighted by molar-refractivity contribution is 5.80. The monoisotopic (exact) mass is 269 g/mol. The Kier molecular flexibility index (Phi) is 5.15. The summed E-state index contributed by atoms with van der Waals surface area (Å²) in [5.41, 5.74) is 0. The van der Waals surface area contributed by atoms with Crippen molar-refractivity contribution in [2.75, 3.05) is 32.7 Å². The van der Waals surface area contributed by atoms with Gasteiger partial charge >= 0.3 is 5.97 Å². The number of carbonyl (C=O) groups excluding carboxylic acids is 1. The van der Waals surface area contributed by atoms with Gasteiger partial charge in [-0.15, -0.1) is 0 Å². The van der Waals surface area contributed by atoms with Crippen LogP contribution in [0.4, 0.5) is 0 Å². The smallest absolute Gasteiger partial charge is 0.308 e. The molecule has 1 aliphatic carbocycles. The van der Waals surface area contributed by atoms with E-state index in [1.165, 1.54) is 0 Å². The van der Waals surface area contributed by atoms with E-state index in [0.29, 0.717) is 13.0 Å². The average Bonchev–Trinajstić information content (AvgIpc) is 2.66. The molecule has 1 saturated heterocycles. The lowest BCUT2D eigenvalue weighted by Gasteiger charge is -2.22. The molecule has 1 amide bonds. The average molecular weight is 269 g/mol. The number of rotatable bonds is 4. The second kappa shape index (κ2) is 6.86. The molecular formula is C13H23N3O3. The van der Waals surface area contributed by atoms with Gasteiger partial charge in [-0.1, -0.05) is 6.42 Å². The maximum Gasteiger partial charge on any atom is 0.308 e. The molecule has 0 aromatic carbocycles. The quantitative estimate of drug-likeness (QED) is 0.650. The molecular weight excluding hydrogens is 246 g/mol. The Morgan fingerprint density at radius 2 is 2.05 bits per heavy atom. The molecule has 0 bridgehead atoms. The highest BCUT2D eigenvalue weighted by Gasteiger charge is 2.33. The van der Waals surface area contributed by atoms with E-state index in [-0.39, 0.29) is 11.9 Å². The predicted octanol–water partition coefficient (Wildman–Crippen LogP) is -0.349. The minimum Gasteiger partial charge on any atom is -0.481 e. The molecule has 0 spiro atoms. The summed E-state index contributed by atoms with van der Waals surface area (Å²) in [6.07, 6.45) is 3.39. The summed E-state index contributed by atoms with van der Waals surface area (Å²) in [5.74, 6) is -1.24. The van der Waals surface area contributed by atoms with Gasteiger partial charge in [-0.2, -0.15) is 0 Å². The number of hydrogen-bond donors (Lipinski definition) is 3. The normalized spacial score (nSPS) is 28.8. The molecule has 6 nitrogen and oxygen atoms in total. The zero-order valence-corrected chi connectivity index (χ0v) is 11.2. The van der Waals surface area contributed by atoms with Gasteiger partial charge in [0.05, 0.1) is 12.5 Å². The van der Waals surface area contributed by atoms with Crippen LogP contribution in [0.25, 0.3) is 0 Å². The largest absolute Gasteiger partial charge is 0.481 e. The van der Waals surface area contributed by atoms with Crippen molar-refractivity contribution < 1.29 is 14.7 Å².